The molecule has 3 unspecified atom stereocenters. The van der Waals surface area contributed by atoms with E-state index in [2.05, 4.69) is 26.0 Å². The lowest BCUT2D eigenvalue weighted by Gasteiger charge is -2.20. The Labute approximate surface area is 400 Å². The van der Waals surface area contributed by atoms with Gasteiger partial charge in [0.05, 0.1) is 26.4 Å². The molecule has 10 nitrogen and oxygen atoms in total. The van der Waals surface area contributed by atoms with Crippen LogP contribution in [-0.4, -0.2) is 65.7 Å². The number of allylic oxidation sites excluding steroid dienone is 2. The quantitative estimate of drug-likeness (QED) is 0.0233. The lowest BCUT2D eigenvalue weighted by Crippen LogP contribution is -2.28. The highest BCUT2D eigenvalue weighted by atomic mass is 31.2. The molecule has 0 spiro atoms. The van der Waals surface area contributed by atoms with E-state index in [1.54, 1.807) is 0 Å². The molecule has 3 atom stereocenters. The molecular weight excluding hydrogens is 840 g/mol. The van der Waals surface area contributed by atoms with Gasteiger partial charge in [0.2, 0.25) is 0 Å². The van der Waals surface area contributed by atoms with E-state index >= 15 is 0 Å². The Bertz CT molecular complexity index is 1090. The van der Waals surface area contributed by atoms with Crippen molar-refractivity contribution in [3.05, 3.63) is 12.2 Å². The van der Waals surface area contributed by atoms with Crippen LogP contribution in [0.5, 0.6) is 0 Å². The number of rotatable bonds is 53. The Morgan fingerprint density at radius 3 is 0.877 bits per heavy atom. The average molecular weight is 945 g/mol. The predicted molar refractivity (Wildman–Crippen MR) is 270 cm³/mol. The van der Waals surface area contributed by atoms with Crippen LogP contribution < -0.4 is 0 Å². The Balaban J connectivity index is 3.76. The second-order valence-corrected chi connectivity index (χ2v) is 20.4. The van der Waals surface area contributed by atoms with Crippen LogP contribution in [0.3, 0.4) is 0 Å². The number of hydrogen-bond acceptors (Lipinski definition) is 9. The highest BCUT2D eigenvalue weighted by Gasteiger charge is 2.27. The topological polar surface area (TPSA) is 149 Å². The molecule has 65 heavy (non-hydrogen) atoms. The molecule has 0 saturated carbocycles. The summed E-state index contributed by atoms with van der Waals surface area (Å²) in [6, 6.07) is 0. The van der Waals surface area contributed by atoms with Gasteiger partial charge in [0, 0.05) is 12.8 Å². The highest BCUT2D eigenvalue weighted by Crippen LogP contribution is 2.43. The molecule has 0 radical (unpaired) electrons. The number of ether oxygens (including phenoxy) is 2. The number of aliphatic hydroxyl groups is 2. The van der Waals surface area contributed by atoms with Crippen molar-refractivity contribution in [1.82, 2.24) is 0 Å². The maximum absolute atomic E-state index is 12.4. The summed E-state index contributed by atoms with van der Waals surface area (Å²) >= 11 is 0. The van der Waals surface area contributed by atoms with Crippen LogP contribution in [0.4, 0.5) is 0 Å². The maximum atomic E-state index is 12.4. The lowest BCUT2D eigenvalue weighted by atomic mass is 10.0. The second kappa shape index (κ2) is 50.6. The van der Waals surface area contributed by atoms with Crippen molar-refractivity contribution in [2.75, 3.05) is 26.4 Å². The fourth-order valence-corrected chi connectivity index (χ4v) is 9.02. The summed E-state index contributed by atoms with van der Waals surface area (Å²) < 4.78 is 32.8. The van der Waals surface area contributed by atoms with Crippen LogP contribution in [0.25, 0.3) is 0 Å². The molecule has 0 aliphatic heterocycles. The Hall–Kier alpha value is -1.29. The Kier molecular flexibility index (Phi) is 49.6. The van der Waals surface area contributed by atoms with E-state index in [1.165, 1.54) is 205 Å². The van der Waals surface area contributed by atoms with E-state index in [9.17, 15) is 29.3 Å². The smallest absolute Gasteiger partial charge is 0.457 e. The first kappa shape index (κ1) is 63.7. The summed E-state index contributed by atoms with van der Waals surface area (Å²) in [5, 5.41) is 19.3. The van der Waals surface area contributed by atoms with Gasteiger partial charge in [-0.25, -0.2) is 4.57 Å². The lowest BCUT2D eigenvalue weighted by molar-refractivity contribution is -0.153. The van der Waals surface area contributed by atoms with Crippen LogP contribution in [0.2, 0.25) is 0 Å². The van der Waals surface area contributed by atoms with Gasteiger partial charge in [-0.2, -0.15) is 0 Å². The first-order chi connectivity index (χ1) is 31.8. The second-order valence-electron chi connectivity index (χ2n) is 18.9. The number of esters is 2. The van der Waals surface area contributed by atoms with Gasteiger partial charge in [-0.3, -0.25) is 18.6 Å². The molecule has 386 valence electrons. The molecule has 3 N–H and O–H groups in total. The third-order valence-corrected chi connectivity index (χ3v) is 13.4. The largest absolute Gasteiger partial charge is 0.472 e. The van der Waals surface area contributed by atoms with E-state index in [4.69, 9.17) is 18.5 Å². The Morgan fingerprint density at radius 2 is 0.631 bits per heavy atom. The SMILES string of the molecule is CCCCCCCC/C=C\CCCCCCCCCCCC(=O)OC(CO)COP(=O)(O)OCC(CO)OC(=O)CCCCCCCCCCCCCCCCCCCCCCCCC. The summed E-state index contributed by atoms with van der Waals surface area (Å²) in [5.41, 5.74) is 0. The third kappa shape index (κ3) is 49.0. The van der Waals surface area contributed by atoms with E-state index < -0.39 is 58.4 Å². The molecule has 0 heterocycles. The summed E-state index contributed by atoms with van der Waals surface area (Å²) in [4.78, 5) is 34.7. The fraction of sp³-hybridized carbons (Fsp3) is 0.926. The van der Waals surface area contributed by atoms with Crippen molar-refractivity contribution < 1.29 is 47.8 Å². The Morgan fingerprint density at radius 1 is 0.400 bits per heavy atom. The number of hydrogen-bond donors (Lipinski definition) is 3. The first-order valence-corrected chi connectivity index (χ1v) is 29.1. The van der Waals surface area contributed by atoms with E-state index in [1.807, 2.05) is 0 Å². The van der Waals surface area contributed by atoms with E-state index in [0.717, 1.165) is 38.5 Å². The number of aliphatic hydroxyl groups excluding tert-OH is 2. The van der Waals surface area contributed by atoms with Gasteiger partial charge in [0.15, 0.2) is 0 Å². The third-order valence-electron chi connectivity index (χ3n) is 12.5. The van der Waals surface area contributed by atoms with E-state index in [-0.39, 0.29) is 12.8 Å². The first-order valence-electron chi connectivity index (χ1n) is 27.6. The number of phosphoric acid groups is 1. The molecule has 0 aromatic rings. The normalized spacial score (nSPS) is 13.6. The molecule has 0 aromatic carbocycles. The van der Waals surface area contributed by atoms with Crippen molar-refractivity contribution in [3.63, 3.8) is 0 Å². The van der Waals surface area contributed by atoms with Crippen LogP contribution in [0.15, 0.2) is 12.2 Å². The van der Waals surface area contributed by atoms with Gasteiger partial charge >= 0.3 is 19.8 Å². The number of carbonyl (C=O) groups excluding carboxylic acids is 2. The zero-order chi connectivity index (χ0) is 47.6. The van der Waals surface area contributed by atoms with E-state index in [0.29, 0.717) is 12.8 Å². The van der Waals surface area contributed by atoms with Crippen molar-refractivity contribution in [2.24, 2.45) is 0 Å². The molecule has 0 saturated heterocycles. The molecule has 0 rings (SSSR count). The van der Waals surface area contributed by atoms with Gasteiger partial charge in [-0.1, -0.05) is 244 Å². The molecule has 0 aliphatic rings. The zero-order valence-corrected chi connectivity index (χ0v) is 43.4. The zero-order valence-electron chi connectivity index (χ0n) is 42.5. The number of carbonyl (C=O) groups is 2. The maximum Gasteiger partial charge on any atom is 0.472 e. The van der Waals surface area contributed by atoms with Crippen LogP contribution in [-0.2, 0) is 32.7 Å². The highest BCUT2D eigenvalue weighted by molar-refractivity contribution is 7.47. The van der Waals surface area contributed by atoms with Gasteiger partial charge in [-0.15, -0.1) is 0 Å². The fourth-order valence-electron chi connectivity index (χ4n) is 8.23. The molecule has 0 bridgehead atoms. The van der Waals surface area contributed by atoms with Crippen molar-refractivity contribution >= 4 is 19.8 Å². The summed E-state index contributed by atoms with van der Waals surface area (Å²) in [5.74, 6) is -1.00. The van der Waals surface area contributed by atoms with Gasteiger partial charge in [0.25, 0.3) is 0 Å². The minimum Gasteiger partial charge on any atom is -0.457 e. The standard InChI is InChI=1S/C54H105O10P/c1-3-5-7-9-11-13-15-17-19-21-23-24-25-26-28-30-32-34-36-38-40-42-44-46-54(58)64-52(48-56)50-62-65(59,60)61-49-51(47-55)63-53(57)45-43-41-39-37-35-33-31-29-27-22-20-18-16-14-12-10-8-6-4-2/h18,20,51-52,55-56H,3-17,19,21-50H2,1-2H3,(H,59,60)/b20-18-. The number of unbranched alkanes of at least 4 members (excludes halogenated alkanes) is 37. The van der Waals surface area contributed by atoms with Crippen molar-refractivity contribution in [3.8, 4) is 0 Å². The van der Waals surface area contributed by atoms with Crippen LogP contribution >= 0.6 is 7.82 Å². The molecular formula is C54H105O10P. The van der Waals surface area contributed by atoms with Crippen molar-refractivity contribution in [1.29, 1.82) is 0 Å². The van der Waals surface area contributed by atoms with Gasteiger partial charge in [0.1, 0.15) is 12.2 Å². The predicted octanol–water partition coefficient (Wildman–Crippen LogP) is 15.9. The van der Waals surface area contributed by atoms with Gasteiger partial charge < -0.3 is 24.6 Å². The molecule has 11 heteroatoms. The molecule has 0 amide bonds. The van der Waals surface area contributed by atoms with Crippen LogP contribution in [0, 0.1) is 0 Å². The minimum atomic E-state index is -4.64. The monoisotopic (exact) mass is 945 g/mol. The number of phosphoric ester groups is 1. The molecule has 0 aromatic heterocycles. The van der Waals surface area contributed by atoms with Crippen LogP contribution in [0.1, 0.15) is 284 Å². The van der Waals surface area contributed by atoms with Gasteiger partial charge in [-0.05, 0) is 38.5 Å². The summed E-state index contributed by atoms with van der Waals surface area (Å²) in [6.45, 7) is 2.28. The summed E-state index contributed by atoms with van der Waals surface area (Å²) in [6.07, 6.45) is 53.4. The minimum absolute atomic E-state index is 0.194. The molecule has 0 aliphatic carbocycles. The summed E-state index contributed by atoms with van der Waals surface area (Å²) in [7, 11) is -4.64. The van der Waals surface area contributed by atoms with Crippen molar-refractivity contribution in [2.45, 2.75) is 296 Å². The molecule has 0 fully saturated rings. The average Bonchev–Trinajstić information content (AvgIpc) is 3.30.